The quantitative estimate of drug-likeness (QED) is 0.945. The van der Waals surface area contributed by atoms with E-state index in [2.05, 4.69) is 6.08 Å². The second kappa shape index (κ2) is 6.16. The molecule has 112 valence electrons. The fourth-order valence-corrected chi connectivity index (χ4v) is 2.84. The second-order valence-corrected chi connectivity index (χ2v) is 5.56. The summed E-state index contributed by atoms with van der Waals surface area (Å²) < 4.78 is 0. The highest BCUT2D eigenvalue weighted by atomic mass is 16.3. The van der Waals surface area contributed by atoms with Gasteiger partial charge < -0.3 is 10.0 Å². The molecule has 0 spiro atoms. The lowest BCUT2D eigenvalue weighted by Gasteiger charge is -2.26. The Bertz CT molecular complexity index is 677. The van der Waals surface area contributed by atoms with E-state index in [0.29, 0.717) is 6.54 Å². The van der Waals surface area contributed by atoms with Gasteiger partial charge >= 0.3 is 0 Å². The van der Waals surface area contributed by atoms with E-state index in [1.54, 1.807) is 4.90 Å². The van der Waals surface area contributed by atoms with E-state index in [4.69, 9.17) is 0 Å². The van der Waals surface area contributed by atoms with E-state index < -0.39 is 6.10 Å². The lowest BCUT2D eigenvalue weighted by atomic mass is 10.0. The number of aliphatic hydroxyl groups is 1. The molecule has 1 heterocycles. The van der Waals surface area contributed by atoms with Gasteiger partial charge in [0, 0.05) is 6.54 Å². The molecule has 0 radical (unpaired) electrons. The summed E-state index contributed by atoms with van der Waals surface area (Å²) in [5.41, 5.74) is 3.29. The predicted octanol–water partition coefficient (Wildman–Crippen LogP) is 3.03. The SMILES string of the molecule is CC(O)C(=O)N1CC(c2ccccc2)=CC1c1ccccc1. The zero-order valence-corrected chi connectivity index (χ0v) is 12.5. The van der Waals surface area contributed by atoms with Gasteiger partial charge in [0.1, 0.15) is 6.10 Å². The number of rotatable bonds is 3. The van der Waals surface area contributed by atoms with Gasteiger partial charge in [-0.1, -0.05) is 66.7 Å². The summed E-state index contributed by atoms with van der Waals surface area (Å²) in [6, 6.07) is 19.8. The van der Waals surface area contributed by atoms with Crippen LogP contribution in [0.25, 0.3) is 5.57 Å². The topological polar surface area (TPSA) is 40.5 Å². The molecule has 3 heteroatoms. The first-order valence-corrected chi connectivity index (χ1v) is 7.46. The molecule has 3 rings (SSSR count). The highest BCUT2D eigenvalue weighted by Crippen LogP contribution is 2.34. The normalized spacial score (nSPS) is 18.9. The molecule has 2 aromatic carbocycles. The molecule has 0 fully saturated rings. The van der Waals surface area contributed by atoms with Crippen LogP contribution in [0.15, 0.2) is 66.7 Å². The van der Waals surface area contributed by atoms with Gasteiger partial charge in [-0.2, -0.15) is 0 Å². The molecule has 1 aliphatic rings. The maximum atomic E-state index is 12.3. The molecule has 0 saturated carbocycles. The van der Waals surface area contributed by atoms with E-state index in [-0.39, 0.29) is 11.9 Å². The predicted molar refractivity (Wildman–Crippen MR) is 87.0 cm³/mol. The Morgan fingerprint density at radius 3 is 2.27 bits per heavy atom. The van der Waals surface area contributed by atoms with Gasteiger partial charge in [0.15, 0.2) is 0 Å². The van der Waals surface area contributed by atoms with Crippen LogP contribution in [0.2, 0.25) is 0 Å². The summed E-state index contributed by atoms with van der Waals surface area (Å²) in [6.45, 7) is 2.04. The molecule has 0 bridgehead atoms. The average molecular weight is 293 g/mol. The molecule has 2 atom stereocenters. The van der Waals surface area contributed by atoms with Crippen molar-refractivity contribution in [3.8, 4) is 0 Å². The minimum Gasteiger partial charge on any atom is -0.384 e. The standard InChI is InChI=1S/C19H19NO2/c1-14(21)19(22)20-13-17(15-8-4-2-5-9-15)12-18(20)16-10-6-3-7-11-16/h2-12,14,18,21H,13H2,1H3. The van der Waals surface area contributed by atoms with Crippen molar-refractivity contribution < 1.29 is 9.90 Å². The number of benzene rings is 2. The van der Waals surface area contributed by atoms with Gasteiger partial charge in [0.2, 0.25) is 0 Å². The Morgan fingerprint density at radius 2 is 1.68 bits per heavy atom. The zero-order valence-electron chi connectivity index (χ0n) is 12.5. The van der Waals surface area contributed by atoms with Crippen LogP contribution in [-0.4, -0.2) is 28.6 Å². The molecule has 2 aromatic rings. The van der Waals surface area contributed by atoms with E-state index in [1.807, 2.05) is 60.7 Å². The lowest BCUT2D eigenvalue weighted by Crippen LogP contribution is -2.38. The fraction of sp³-hybridized carbons (Fsp3) is 0.211. The summed E-state index contributed by atoms with van der Waals surface area (Å²) in [4.78, 5) is 14.1. The largest absolute Gasteiger partial charge is 0.384 e. The first-order valence-electron chi connectivity index (χ1n) is 7.46. The first-order chi connectivity index (χ1) is 10.7. The molecule has 1 aliphatic heterocycles. The Kier molecular flexibility index (Phi) is 4.07. The van der Waals surface area contributed by atoms with E-state index in [9.17, 15) is 9.90 Å². The van der Waals surface area contributed by atoms with E-state index in [0.717, 1.165) is 16.7 Å². The van der Waals surface area contributed by atoms with E-state index in [1.165, 1.54) is 6.92 Å². The summed E-state index contributed by atoms with van der Waals surface area (Å²) in [5, 5.41) is 9.69. The minimum absolute atomic E-state index is 0.126. The third kappa shape index (κ3) is 2.81. The second-order valence-electron chi connectivity index (χ2n) is 5.56. The van der Waals surface area contributed by atoms with Crippen LogP contribution in [0.1, 0.15) is 24.1 Å². The number of carbonyl (C=O) groups excluding carboxylic acids is 1. The first kappa shape index (κ1) is 14.5. The van der Waals surface area contributed by atoms with Gasteiger partial charge in [0.25, 0.3) is 5.91 Å². The summed E-state index contributed by atoms with van der Waals surface area (Å²) in [5.74, 6) is -0.240. The van der Waals surface area contributed by atoms with Crippen LogP contribution in [-0.2, 0) is 4.79 Å². The Labute approximate surface area is 130 Å². The van der Waals surface area contributed by atoms with Crippen LogP contribution in [0.3, 0.4) is 0 Å². The van der Waals surface area contributed by atoms with Gasteiger partial charge in [-0.3, -0.25) is 4.79 Å². The maximum Gasteiger partial charge on any atom is 0.252 e. The molecular weight excluding hydrogens is 274 g/mol. The smallest absolute Gasteiger partial charge is 0.252 e. The van der Waals surface area contributed by atoms with Crippen LogP contribution in [0.5, 0.6) is 0 Å². The van der Waals surface area contributed by atoms with Crippen molar-refractivity contribution in [3.63, 3.8) is 0 Å². The molecule has 1 amide bonds. The summed E-state index contributed by atoms with van der Waals surface area (Å²) in [6.07, 6.45) is 1.13. The van der Waals surface area contributed by atoms with Crippen molar-refractivity contribution in [2.24, 2.45) is 0 Å². The number of aliphatic hydroxyl groups excluding tert-OH is 1. The monoisotopic (exact) mass is 293 g/mol. The van der Waals surface area contributed by atoms with Crippen molar-refractivity contribution in [1.29, 1.82) is 0 Å². The highest BCUT2D eigenvalue weighted by molar-refractivity contribution is 5.85. The molecule has 22 heavy (non-hydrogen) atoms. The molecule has 0 saturated heterocycles. The van der Waals surface area contributed by atoms with Gasteiger partial charge in [-0.05, 0) is 23.6 Å². The van der Waals surface area contributed by atoms with Gasteiger partial charge in [0.05, 0.1) is 6.04 Å². The Morgan fingerprint density at radius 1 is 1.09 bits per heavy atom. The van der Waals surface area contributed by atoms with Gasteiger partial charge in [-0.25, -0.2) is 0 Å². The average Bonchev–Trinajstić information content (AvgIpc) is 3.01. The number of hydrogen-bond donors (Lipinski definition) is 1. The Balaban J connectivity index is 1.97. The third-order valence-electron chi connectivity index (χ3n) is 3.96. The molecule has 3 nitrogen and oxygen atoms in total. The van der Waals surface area contributed by atoms with Crippen molar-refractivity contribution in [3.05, 3.63) is 77.9 Å². The highest BCUT2D eigenvalue weighted by Gasteiger charge is 2.32. The third-order valence-corrected chi connectivity index (χ3v) is 3.96. The van der Waals surface area contributed by atoms with Gasteiger partial charge in [-0.15, -0.1) is 0 Å². The number of hydrogen-bond acceptors (Lipinski definition) is 2. The van der Waals surface area contributed by atoms with Crippen molar-refractivity contribution in [2.45, 2.75) is 19.1 Å². The van der Waals surface area contributed by atoms with Crippen LogP contribution in [0.4, 0.5) is 0 Å². The Hall–Kier alpha value is -2.39. The van der Waals surface area contributed by atoms with Crippen LogP contribution < -0.4 is 0 Å². The summed E-state index contributed by atoms with van der Waals surface area (Å²) >= 11 is 0. The molecule has 2 unspecified atom stereocenters. The van der Waals surface area contributed by atoms with Crippen molar-refractivity contribution in [1.82, 2.24) is 4.90 Å². The fourth-order valence-electron chi connectivity index (χ4n) is 2.84. The molecule has 1 N–H and O–H groups in total. The molecule has 0 aliphatic carbocycles. The van der Waals surface area contributed by atoms with E-state index >= 15 is 0 Å². The number of nitrogens with zero attached hydrogens (tertiary/aromatic N) is 1. The maximum absolute atomic E-state index is 12.3. The van der Waals surface area contributed by atoms with Crippen LogP contribution >= 0.6 is 0 Å². The minimum atomic E-state index is -0.991. The number of carbonyl (C=O) groups is 1. The number of amides is 1. The lowest BCUT2D eigenvalue weighted by molar-refractivity contribution is -0.139. The zero-order chi connectivity index (χ0) is 15.5. The van der Waals surface area contributed by atoms with Crippen molar-refractivity contribution >= 4 is 11.5 Å². The molecular formula is C19H19NO2. The molecule has 0 aromatic heterocycles. The van der Waals surface area contributed by atoms with Crippen LogP contribution in [0, 0.1) is 0 Å². The summed E-state index contributed by atoms with van der Waals surface area (Å²) in [7, 11) is 0. The van der Waals surface area contributed by atoms with Crippen molar-refractivity contribution in [2.75, 3.05) is 6.54 Å².